The van der Waals surface area contributed by atoms with E-state index in [9.17, 15) is 5.11 Å². The van der Waals surface area contributed by atoms with Crippen LogP contribution in [0.1, 0.15) is 0 Å². The first-order valence-corrected chi connectivity index (χ1v) is 5.36. The molecule has 3 rings (SSSR count). The fraction of sp³-hybridized carbons (Fsp3) is 0. The molecule has 0 unspecified atom stereocenters. The molecule has 5 nitrogen and oxygen atoms in total. The minimum absolute atomic E-state index is 0.0965. The Hall–Kier alpha value is -2.69. The van der Waals surface area contributed by atoms with Gasteiger partial charge in [-0.25, -0.2) is 0 Å². The van der Waals surface area contributed by atoms with Crippen molar-refractivity contribution in [3.8, 4) is 17.6 Å². The van der Waals surface area contributed by atoms with E-state index in [4.69, 9.17) is 4.74 Å². The molecule has 0 fully saturated rings. The second-order valence-corrected chi connectivity index (χ2v) is 3.64. The fourth-order valence-corrected chi connectivity index (χ4v) is 1.58. The first kappa shape index (κ1) is 10.5. The molecule has 18 heavy (non-hydrogen) atoms. The van der Waals surface area contributed by atoms with E-state index in [0.717, 1.165) is 0 Å². The van der Waals surface area contributed by atoms with Gasteiger partial charge in [0.05, 0.1) is 17.1 Å². The Labute approximate surface area is 103 Å². The normalized spacial score (nSPS) is 10.4. The summed E-state index contributed by atoms with van der Waals surface area (Å²) in [5.74, 6) is 0.494. The largest absolute Gasteiger partial charge is 0.493 e. The number of para-hydroxylation sites is 1. The van der Waals surface area contributed by atoms with Crippen LogP contribution in [-0.2, 0) is 0 Å². The second-order valence-electron chi connectivity index (χ2n) is 3.64. The average molecular weight is 239 g/mol. The summed E-state index contributed by atoms with van der Waals surface area (Å²) in [5.41, 5.74) is 0.538. The van der Waals surface area contributed by atoms with E-state index in [1.165, 1.54) is 0 Å². The van der Waals surface area contributed by atoms with Crippen LogP contribution in [0, 0.1) is 0 Å². The third kappa shape index (κ3) is 1.93. The van der Waals surface area contributed by atoms with Crippen LogP contribution in [0.25, 0.3) is 10.9 Å². The van der Waals surface area contributed by atoms with Crippen LogP contribution < -0.4 is 4.74 Å². The van der Waals surface area contributed by atoms with Crippen LogP contribution in [0.2, 0.25) is 0 Å². The fourth-order valence-electron chi connectivity index (χ4n) is 1.58. The Morgan fingerprint density at radius 3 is 2.67 bits per heavy atom. The maximum atomic E-state index is 9.77. The van der Waals surface area contributed by atoms with Crippen molar-refractivity contribution in [1.29, 1.82) is 0 Å². The van der Waals surface area contributed by atoms with E-state index < -0.39 is 0 Å². The first-order chi connectivity index (χ1) is 8.83. The number of hydrogen-bond donors (Lipinski definition) is 1. The van der Waals surface area contributed by atoms with Crippen LogP contribution in [0.4, 0.5) is 0 Å². The number of pyridine rings is 1. The molecule has 0 radical (unpaired) electrons. The molecule has 88 valence electrons. The highest BCUT2D eigenvalue weighted by atomic mass is 16.5. The highest BCUT2D eigenvalue weighted by molar-refractivity contribution is 5.82. The van der Waals surface area contributed by atoms with Gasteiger partial charge < -0.3 is 9.84 Å². The van der Waals surface area contributed by atoms with Gasteiger partial charge in [-0.3, -0.25) is 4.98 Å². The maximum Gasteiger partial charge on any atom is 0.325 e. The van der Waals surface area contributed by atoms with Gasteiger partial charge in [0.15, 0.2) is 0 Å². The lowest BCUT2D eigenvalue weighted by molar-refractivity contribution is 0.412. The molecule has 5 heteroatoms. The van der Waals surface area contributed by atoms with Crippen LogP contribution in [0.15, 0.2) is 48.8 Å². The number of nitrogens with zero attached hydrogens (tertiary/aromatic N) is 3. The van der Waals surface area contributed by atoms with Crippen LogP contribution >= 0.6 is 0 Å². The molecule has 0 aliphatic rings. The van der Waals surface area contributed by atoms with Crippen LogP contribution in [0.3, 0.4) is 0 Å². The van der Waals surface area contributed by atoms with E-state index in [1.807, 2.05) is 18.2 Å². The monoisotopic (exact) mass is 239 g/mol. The van der Waals surface area contributed by atoms with Gasteiger partial charge in [0.25, 0.3) is 0 Å². The van der Waals surface area contributed by atoms with Crippen molar-refractivity contribution < 1.29 is 9.84 Å². The molecule has 0 atom stereocenters. The molecule has 0 bridgehead atoms. The molecule has 1 aromatic carbocycles. The molecular formula is C13H9N3O2. The summed E-state index contributed by atoms with van der Waals surface area (Å²) >= 11 is 0. The number of aromatic nitrogens is 3. The topological polar surface area (TPSA) is 68.1 Å². The molecule has 0 amide bonds. The van der Waals surface area contributed by atoms with E-state index in [1.54, 1.807) is 30.6 Å². The predicted molar refractivity (Wildman–Crippen MR) is 65.5 cm³/mol. The van der Waals surface area contributed by atoms with E-state index in [2.05, 4.69) is 15.0 Å². The number of ether oxygens (including phenoxy) is 1. The summed E-state index contributed by atoms with van der Waals surface area (Å²) in [7, 11) is 0. The molecule has 0 aliphatic carbocycles. The first-order valence-electron chi connectivity index (χ1n) is 5.36. The Kier molecular flexibility index (Phi) is 2.49. The van der Waals surface area contributed by atoms with Gasteiger partial charge in [-0.1, -0.05) is 18.2 Å². The van der Waals surface area contributed by atoms with Crippen LogP contribution in [-0.4, -0.2) is 20.1 Å². The minimum atomic E-state index is -0.117. The molecule has 0 saturated carbocycles. The Balaban J connectivity index is 2.03. The lowest BCUT2D eigenvalue weighted by Gasteiger charge is -2.05. The van der Waals surface area contributed by atoms with Crippen molar-refractivity contribution in [3.05, 3.63) is 48.8 Å². The van der Waals surface area contributed by atoms with Crippen molar-refractivity contribution in [2.75, 3.05) is 0 Å². The maximum absolute atomic E-state index is 9.77. The van der Waals surface area contributed by atoms with Gasteiger partial charge in [0.1, 0.15) is 5.75 Å². The molecule has 1 N–H and O–H groups in total. The zero-order valence-corrected chi connectivity index (χ0v) is 9.32. The average Bonchev–Trinajstić information content (AvgIpc) is 2.40. The summed E-state index contributed by atoms with van der Waals surface area (Å²) in [4.78, 5) is 12.0. The van der Waals surface area contributed by atoms with Gasteiger partial charge in [-0.15, -0.1) is 0 Å². The minimum Gasteiger partial charge on any atom is -0.493 e. The Morgan fingerprint density at radius 2 is 1.83 bits per heavy atom. The summed E-state index contributed by atoms with van der Waals surface area (Å²) in [6, 6.07) is 10.9. The zero-order chi connectivity index (χ0) is 12.4. The molecule has 0 aliphatic heterocycles. The smallest absolute Gasteiger partial charge is 0.325 e. The van der Waals surface area contributed by atoms with E-state index >= 15 is 0 Å². The molecule has 0 spiro atoms. The Morgan fingerprint density at radius 1 is 1.00 bits per heavy atom. The van der Waals surface area contributed by atoms with E-state index in [0.29, 0.717) is 16.7 Å². The number of hydrogen-bond acceptors (Lipinski definition) is 5. The van der Waals surface area contributed by atoms with Gasteiger partial charge in [-0.2, -0.15) is 9.97 Å². The molecule has 0 saturated heterocycles. The molecule has 2 heterocycles. The standard InChI is InChI=1S/C13H9N3O2/c17-12-10-6-7-14-8-11(10)15-13(16-12)18-9-4-2-1-3-5-9/h1-8H,(H,15,16,17). The third-order valence-electron chi connectivity index (χ3n) is 2.41. The van der Waals surface area contributed by atoms with E-state index in [-0.39, 0.29) is 11.9 Å². The van der Waals surface area contributed by atoms with Crippen molar-refractivity contribution in [1.82, 2.24) is 15.0 Å². The number of benzene rings is 1. The molecule has 2 aromatic heterocycles. The van der Waals surface area contributed by atoms with Crippen molar-refractivity contribution in [3.63, 3.8) is 0 Å². The Bertz CT molecular complexity index is 686. The summed E-state index contributed by atoms with van der Waals surface area (Å²) < 4.78 is 5.46. The zero-order valence-electron chi connectivity index (χ0n) is 9.32. The van der Waals surface area contributed by atoms with Gasteiger partial charge in [0.2, 0.25) is 5.88 Å². The number of aromatic hydroxyl groups is 1. The predicted octanol–water partition coefficient (Wildman–Crippen LogP) is 2.52. The van der Waals surface area contributed by atoms with Crippen molar-refractivity contribution in [2.45, 2.75) is 0 Å². The number of fused-ring (bicyclic) bond motifs is 1. The van der Waals surface area contributed by atoms with Crippen molar-refractivity contribution >= 4 is 10.9 Å². The molecule has 3 aromatic rings. The highest BCUT2D eigenvalue weighted by Gasteiger charge is 2.07. The lowest BCUT2D eigenvalue weighted by atomic mass is 10.3. The summed E-state index contributed by atoms with van der Waals surface area (Å²) in [5, 5.41) is 10.3. The van der Waals surface area contributed by atoms with Gasteiger partial charge >= 0.3 is 6.01 Å². The summed E-state index contributed by atoms with van der Waals surface area (Å²) in [6.45, 7) is 0. The summed E-state index contributed by atoms with van der Waals surface area (Å²) in [6.07, 6.45) is 3.12. The quantitative estimate of drug-likeness (QED) is 0.744. The highest BCUT2D eigenvalue weighted by Crippen LogP contribution is 2.25. The molecular weight excluding hydrogens is 230 g/mol. The third-order valence-corrected chi connectivity index (χ3v) is 2.41. The van der Waals surface area contributed by atoms with Crippen LogP contribution in [0.5, 0.6) is 17.6 Å². The SMILES string of the molecule is Oc1nc(Oc2ccccc2)nc2cnccc12. The van der Waals surface area contributed by atoms with Crippen molar-refractivity contribution in [2.24, 2.45) is 0 Å². The van der Waals surface area contributed by atoms with Gasteiger partial charge in [-0.05, 0) is 18.2 Å². The number of rotatable bonds is 2. The second kappa shape index (κ2) is 4.29. The van der Waals surface area contributed by atoms with Gasteiger partial charge in [0, 0.05) is 6.20 Å². The lowest BCUT2D eigenvalue weighted by Crippen LogP contribution is -1.93.